The van der Waals surface area contributed by atoms with Gasteiger partial charge in [-0.25, -0.2) is 9.59 Å². The molecule has 3 aromatic carbocycles. The number of hydrogen-bond donors (Lipinski definition) is 1. The Morgan fingerprint density at radius 3 is 2.30 bits per heavy atom. The minimum atomic E-state index is -0.844. The van der Waals surface area contributed by atoms with Crippen molar-refractivity contribution in [2.75, 3.05) is 6.61 Å². The van der Waals surface area contributed by atoms with E-state index in [0.29, 0.717) is 6.42 Å². The highest BCUT2D eigenvalue weighted by molar-refractivity contribution is 6.21. The Bertz CT molecular complexity index is 1170. The molecule has 0 saturated carbocycles. The SMILES string of the molecule is C[C@H](NC(=O)OC(C)(C)C)C(=O)OCC1CC(c2c3ccccc3cc3ccccc23)=NO1. The molecule has 2 atom stereocenters. The first-order valence-electron chi connectivity index (χ1n) is 11.0. The van der Waals surface area contributed by atoms with Crippen LogP contribution < -0.4 is 5.32 Å². The van der Waals surface area contributed by atoms with Gasteiger partial charge in [0.25, 0.3) is 0 Å². The second-order valence-electron chi connectivity index (χ2n) is 9.16. The number of alkyl carbamates (subject to hydrolysis) is 1. The van der Waals surface area contributed by atoms with Crippen molar-refractivity contribution in [1.82, 2.24) is 5.32 Å². The molecule has 1 unspecified atom stereocenters. The molecular formula is C26H28N2O5. The van der Waals surface area contributed by atoms with Gasteiger partial charge in [0.05, 0.1) is 5.71 Å². The third-order valence-electron chi connectivity index (χ3n) is 5.29. The number of hydrogen-bond acceptors (Lipinski definition) is 6. The van der Waals surface area contributed by atoms with Gasteiger partial charge in [-0.1, -0.05) is 53.7 Å². The Labute approximate surface area is 192 Å². The number of amides is 1. The Kier molecular flexibility index (Phi) is 6.22. The van der Waals surface area contributed by atoms with E-state index in [1.54, 1.807) is 27.7 Å². The van der Waals surface area contributed by atoms with Crippen LogP contribution in [0.15, 0.2) is 59.8 Å². The van der Waals surface area contributed by atoms with Crippen LogP contribution in [0.3, 0.4) is 0 Å². The summed E-state index contributed by atoms with van der Waals surface area (Å²) in [4.78, 5) is 29.8. The fraction of sp³-hybridized carbons (Fsp3) is 0.346. The fourth-order valence-electron chi connectivity index (χ4n) is 3.83. The molecule has 1 amide bonds. The summed E-state index contributed by atoms with van der Waals surface area (Å²) in [5.41, 5.74) is 1.21. The summed E-state index contributed by atoms with van der Waals surface area (Å²) in [6.07, 6.45) is -0.549. The van der Waals surface area contributed by atoms with Gasteiger partial charge in [0.15, 0.2) is 6.10 Å². The number of esters is 1. The van der Waals surface area contributed by atoms with Gasteiger partial charge in [-0.2, -0.15) is 0 Å². The second kappa shape index (κ2) is 9.10. The van der Waals surface area contributed by atoms with Crippen LogP contribution in [0.5, 0.6) is 0 Å². The van der Waals surface area contributed by atoms with Gasteiger partial charge in [0.2, 0.25) is 0 Å². The molecule has 1 aliphatic rings. The molecule has 0 spiro atoms. The third-order valence-corrected chi connectivity index (χ3v) is 5.29. The van der Waals surface area contributed by atoms with Crippen LogP contribution in [0.1, 0.15) is 39.7 Å². The highest BCUT2D eigenvalue weighted by Crippen LogP contribution is 2.32. The lowest BCUT2D eigenvalue weighted by Gasteiger charge is -2.21. The van der Waals surface area contributed by atoms with Crippen LogP contribution >= 0.6 is 0 Å². The first kappa shape index (κ1) is 22.6. The van der Waals surface area contributed by atoms with Crippen molar-refractivity contribution >= 4 is 39.3 Å². The Hall–Kier alpha value is -3.61. The molecule has 172 valence electrons. The summed E-state index contributed by atoms with van der Waals surface area (Å²) < 4.78 is 10.5. The van der Waals surface area contributed by atoms with Crippen molar-refractivity contribution in [3.63, 3.8) is 0 Å². The van der Waals surface area contributed by atoms with Crippen LogP contribution in [-0.2, 0) is 19.1 Å². The number of carbonyl (C=O) groups is 2. The number of ether oxygens (including phenoxy) is 2. The van der Waals surface area contributed by atoms with E-state index in [1.807, 2.05) is 24.3 Å². The number of nitrogens with zero attached hydrogens (tertiary/aromatic N) is 1. The minimum Gasteiger partial charge on any atom is -0.460 e. The van der Waals surface area contributed by atoms with Crippen molar-refractivity contribution in [2.24, 2.45) is 5.16 Å². The van der Waals surface area contributed by atoms with Crippen molar-refractivity contribution in [3.05, 3.63) is 60.2 Å². The second-order valence-corrected chi connectivity index (χ2v) is 9.16. The molecule has 0 radical (unpaired) electrons. The lowest BCUT2D eigenvalue weighted by Crippen LogP contribution is -2.43. The van der Waals surface area contributed by atoms with Crippen LogP contribution in [0.2, 0.25) is 0 Å². The monoisotopic (exact) mass is 448 g/mol. The summed E-state index contributed by atoms with van der Waals surface area (Å²) in [5.74, 6) is -0.562. The molecular weight excluding hydrogens is 420 g/mol. The molecule has 33 heavy (non-hydrogen) atoms. The first-order chi connectivity index (χ1) is 15.7. The van der Waals surface area contributed by atoms with Crippen LogP contribution in [0.4, 0.5) is 4.79 Å². The number of benzene rings is 3. The highest BCUT2D eigenvalue weighted by Gasteiger charge is 2.28. The smallest absolute Gasteiger partial charge is 0.408 e. The van der Waals surface area contributed by atoms with Gasteiger partial charge in [-0.3, -0.25) is 0 Å². The van der Waals surface area contributed by atoms with Gasteiger partial charge in [0, 0.05) is 12.0 Å². The summed E-state index contributed by atoms with van der Waals surface area (Å²) in [7, 11) is 0. The summed E-state index contributed by atoms with van der Waals surface area (Å²) in [6, 6.07) is 17.7. The van der Waals surface area contributed by atoms with Gasteiger partial charge in [-0.15, -0.1) is 0 Å². The first-order valence-corrected chi connectivity index (χ1v) is 11.0. The Morgan fingerprint density at radius 1 is 1.09 bits per heavy atom. The van der Waals surface area contributed by atoms with E-state index in [1.165, 1.54) is 0 Å². The normalized spacial score (nSPS) is 16.7. The van der Waals surface area contributed by atoms with Crippen molar-refractivity contribution < 1.29 is 23.9 Å². The van der Waals surface area contributed by atoms with Gasteiger partial charge < -0.3 is 19.6 Å². The lowest BCUT2D eigenvalue weighted by molar-refractivity contribution is -0.149. The van der Waals surface area contributed by atoms with E-state index >= 15 is 0 Å². The fourth-order valence-corrected chi connectivity index (χ4v) is 3.83. The molecule has 1 heterocycles. The number of nitrogens with one attached hydrogen (secondary N) is 1. The van der Waals surface area contributed by atoms with Gasteiger partial charge in [-0.05, 0) is 55.3 Å². The third kappa shape index (κ3) is 5.25. The average Bonchev–Trinajstić information content (AvgIpc) is 3.22. The average molecular weight is 449 g/mol. The molecule has 0 aromatic heterocycles. The quantitative estimate of drug-likeness (QED) is 0.441. The number of carbonyl (C=O) groups excluding carboxylic acids is 2. The van der Waals surface area contributed by atoms with Crippen LogP contribution in [0.25, 0.3) is 21.5 Å². The van der Waals surface area contributed by atoms with E-state index in [0.717, 1.165) is 32.8 Å². The van der Waals surface area contributed by atoms with Crippen molar-refractivity contribution in [3.8, 4) is 0 Å². The number of fused-ring (bicyclic) bond motifs is 2. The van der Waals surface area contributed by atoms with E-state index < -0.39 is 29.8 Å². The topological polar surface area (TPSA) is 86.2 Å². The zero-order valence-corrected chi connectivity index (χ0v) is 19.3. The largest absolute Gasteiger partial charge is 0.460 e. The van der Waals surface area contributed by atoms with E-state index in [2.05, 4.69) is 40.8 Å². The molecule has 0 fully saturated rings. The van der Waals surface area contributed by atoms with Gasteiger partial charge >= 0.3 is 12.1 Å². The van der Waals surface area contributed by atoms with Crippen LogP contribution in [-0.4, -0.2) is 42.1 Å². The lowest BCUT2D eigenvalue weighted by atomic mass is 9.92. The predicted octanol–water partition coefficient (Wildman–Crippen LogP) is 4.94. The van der Waals surface area contributed by atoms with E-state index in [4.69, 9.17) is 14.3 Å². The molecule has 0 saturated heterocycles. The molecule has 1 aliphatic heterocycles. The highest BCUT2D eigenvalue weighted by atomic mass is 16.7. The molecule has 3 aromatic rings. The zero-order valence-electron chi connectivity index (χ0n) is 19.3. The molecule has 0 bridgehead atoms. The molecule has 4 rings (SSSR count). The van der Waals surface area contributed by atoms with Crippen molar-refractivity contribution in [1.29, 1.82) is 0 Å². The maximum absolute atomic E-state index is 12.3. The number of oxime groups is 1. The molecule has 0 aliphatic carbocycles. The predicted molar refractivity (Wildman–Crippen MR) is 127 cm³/mol. The Morgan fingerprint density at radius 2 is 1.70 bits per heavy atom. The minimum absolute atomic E-state index is 0.0366. The zero-order chi connectivity index (χ0) is 23.6. The standard InChI is InChI=1S/C26H28N2O5/c1-16(27-25(30)32-26(2,3)4)24(29)31-15-19-14-22(28-33-19)23-20-11-7-5-9-17(20)13-18-10-6-8-12-21(18)23/h5-13,16,19H,14-15H2,1-4H3,(H,27,30)/t16-,19?/m0/s1. The van der Waals surface area contributed by atoms with E-state index in [-0.39, 0.29) is 6.61 Å². The molecule has 7 nitrogen and oxygen atoms in total. The number of rotatable bonds is 5. The molecule has 7 heteroatoms. The summed E-state index contributed by atoms with van der Waals surface area (Å²) in [5, 5.41) is 11.3. The maximum atomic E-state index is 12.3. The maximum Gasteiger partial charge on any atom is 0.408 e. The van der Waals surface area contributed by atoms with E-state index in [9.17, 15) is 9.59 Å². The van der Waals surface area contributed by atoms with Crippen molar-refractivity contribution in [2.45, 2.75) is 51.9 Å². The summed E-state index contributed by atoms with van der Waals surface area (Å²) in [6.45, 7) is 6.85. The molecule has 1 N–H and O–H groups in total. The Balaban J connectivity index is 1.41. The summed E-state index contributed by atoms with van der Waals surface area (Å²) >= 11 is 0. The van der Waals surface area contributed by atoms with Crippen LogP contribution in [0, 0.1) is 0 Å². The van der Waals surface area contributed by atoms with Gasteiger partial charge in [0.1, 0.15) is 18.2 Å².